The predicted octanol–water partition coefficient (Wildman–Crippen LogP) is 1.55. The molecule has 0 saturated carbocycles. The Morgan fingerprint density at radius 1 is 1.07 bits per heavy atom. The maximum atomic E-state index is 12.9. The van der Waals surface area contributed by atoms with Gasteiger partial charge in [-0.3, -0.25) is 19.3 Å². The lowest BCUT2D eigenvalue weighted by atomic mass is 10.1. The molecule has 4 rings (SSSR count). The van der Waals surface area contributed by atoms with Crippen LogP contribution in [0.25, 0.3) is 0 Å². The normalized spacial score (nSPS) is 16.3. The highest BCUT2D eigenvalue weighted by Crippen LogP contribution is 2.29. The second kappa shape index (κ2) is 8.50. The molecule has 2 aliphatic heterocycles. The molecule has 8 nitrogen and oxygen atoms in total. The third-order valence-corrected chi connectivity index (χ3v) is 5.01. The number of hydrogen-bond donors (Lipinski definition) is 2. The van der Waals surface area contributed by atoms with Gasteiger partial charge in [0, 0.05) is 37.4 Å². The number of piperazine rings is 1. The van der Waals surface area contributed by atoms with E-state index in [2.05, 4.69) is 10.6 Å². The molecule has 3 amide bonds. The third-order valence-electron chi connectivity index (χ3n) is 5.01. The molecule has 0 aromatic heterocycles. The number of carbonyl (C=O) groups excluding carboxylic acids is 3. The molecule has 0 unspecified atom stereocenters. The first-order chi connectivity index (χ1) is 14.5. The number of rotatable bonds is 4. The Morgan fingerprint density at radius 2 is 1.80 bits per heavy atom. The van der Waals surface area contributed by atoms with Gasteiger partial charge in [-0.15, -0.1) is 0 Å². The van der Waals surface area contributed by atoms with Crippen molar-refractivity contribution in [3.8, 4) is 5.75 Å². The summed E-state index contributed by atoms with van der Waals surface area (Å²) >= 11 is 0. The van der Waals surface area contributed by atoms with E-state index < -0.39 is 0 Å². The minimum Gasteiger partial charge on any atom is -0.482 e. The zero-order chi connectivity index (χ0) is 21.1. The van der Waals surface area contributed by atoms with Gasteiger partial charge in [0.15, 0.2) is 6.61 Å². The van der Waals surface area contributed by atoms with Crippen molar-refractivity contribution in [2.75, 3.05) is 50.0 Å². The third kappa shape index (κ3) is 4.57. The number of nitrogens with one attached hydrogen (secondary N) is 2. The summed E-state index contributed by atoms with van der Waals surface area (Å²) in [5, 5.41) is 5.44. The van der Waals surface area contributed by atoms with E-state index in [4.69, 9.17) is 4.74 Å². The summed E-state index contributed by atoms with van der Waals surface area (Å²) in [5.74, 6) is -0.384. The summed E-state index contributed by atoms with van der Waals surface area (Å²) < 4.78 is 18.3. The lowest BCUT2D eigenvalue weighted by molar-refractivity contribution is -0.119. The highest BCUT2D eigenvalue weighted by molar-refractivity contribution is 6.00. The second-order valence-electron chi connectivity index (χ2n) is 7.17. The molecule has 0 bridgehead atoms. The molecule has 1 saturated heterocycles. The van der Waals surface area contributed by atoms with E-state index in [0.29, 0.717) is 48.9 Å². The highest BCUT2D eigenvalue weighted by Gasteiger charge is 2.25. The molecule has 156 valence electrons. The topological polar surface area (TPSA) is 91.0 Å². The number of amides is 3. The van der Waals surface area contributed by atoms with Gasteiger partial charge in [-0.2, -0.15) is 0 Å². The van der Waals surface area contributed by atoms with Crippen molar-refractivity contribution in [2.24, 2.45) is 0 Å². The molecule has 0 radical (unpaired) electrons. The SMILES string of the molecule is O=C(CN1CCN(C(=O)c2ccc3c(c2)NC(=O)CO3)CC1)Nc1ccc(F)cc1. The van der Waals surface area contributed by atoms with E-state index in [1.807, 2.05) is 4.90 Å². The van der Waals surface area contributed by atoms with Crippen LogP contribution in [0, 0.1) is 5.82 Å². The van der Waals surface area contributed by atoms with Crippen molar-refractivity contribution >= 4 is 29.1 Å². The molecule has 2 heterocycles. The monoisotopic (exact) mass is 412 g/mol. The number of halogens is 1. The van der Waals surface area contributed by atoms with Crippen molar-refractivity contribution in [2.45, 2.75) is 0 Å². The number of benzene rings is 2. The zero-order valence-corrected chi connectivity index (χ0v) is 16.2. The van der Waals surface area contributed by atoms with Crippen LogP contribution >= 0.6 is 0 Å². The van der Waals surface area contributed by atoms with Crippen molar-refractivity contribution in [3.05, 3.63) is 53.8 Å². The summed E-state index contributed by atoms with van der Waals surface area (Å²) in [4.78, 5) is 40.2. The number of hydrogen-bond acceptors (Lipinski definition) is 5. The van der Waals surface area contributed by atoms with E-state index in [0.717, 1.165) is 0 Å². The molecule has 1 fully saturated rings. The summed E-state index contributed by atoms with van der Waals surface area (Å²) in [6.07, 6.45) is 0. The Labute approximate surface area is 172 Å². The van der Waals surface area contributed by atoms with Gasteiger partial charge in [0.05, 0.1) is 12.2 Å². The van der Waals surface area contributed by atoms with Crippen molar-refractivity contribution in [1.82, 2.24) is 9.80 Å². The maximum Gasteiger partial charge on any atom is 0.262 e. The average Bonchev–Trinajstić information content (AvgIpc) is 2.75. The Hall–Kier alpha value is -3.46. The van der Waals surface area contributed by atoms with Crippen molar-refractivity contribution < 1.29 is 23.5 Å². The van der Waals surface area contributed by atoms with Gasteiger partial charge in [-0.25, -0.2) is 4.39 Å². The zero-order valence-electron chi connectivity index (χ0n) is 16.2. The maximum absolute atomic E-state index is 12.9. The molecule has 2 aromatic rings. The fraction of sp³-hybridized carbons (Fsp3) is 0.286. The van der Waals surface area contributed by atoms with Crippen LogP contribution in [0.1, 0.15) is 10.4 Å². The minimum absolute atomic E-state index is 0.0308. The molecule has 0 atom stereocenters. The van der Waals surface area contributed by atoms with E-state index >= 15 is 0 Å². The van der Waals surface area contributed by atoms with E-state index in [1.165, 1.54) is 24.3 Å². The van der Waals surface area contributed by atoms with Crippen molar-refractivity contribution in [1.29, 1.82) is 0 Å². The first-order valence-corrected chi connectivity index (χ1v) is 9.62. The van der Waals surface area contributed by atoms with Crippen LogP contribution in [-0.2, 0) is 9.59 Å². The predicted molar refractivity (Wildman–Crippen MR) is 108 cm³/mol. The van der Waals surface area contributed by atoms with Gasteiger partial charge in [-0.1, -0.05) is 0 Å². The summed E-state index contributed by atoms with van der Waals surface area (Å²) in [6, 6.07) is 10.6. The average molecular weight is 412 g/mol. The van der Waals surface area contributed by atoms with Gasteiger partial charge in [0.25, 0.3) is 11.8 Å². The number of fused-ring (bicyclic) bond motifs is 1. The van der Waals surface area contributed by atoms with Crippen molar-refractivity contribution in [3.63, 3.8) is 0 Å². The van der Waals surface area contributed by atoms with E-state index in [9.17, 15) is 18.8 Å². The lowest BCUT2D eigenvalue weighted by Gasteiger charge is -2.34. The Bertz CT molecular complexity index is 971. The van der Waals surface area contributed by atoms with Crippen LogP contribution < -0.4 is 15.4 Å². The van der Waals surface area contributed by atoms with Crippen LogP contribution in [0.5, 0.6) is 5.75 Å². The minimum atomic E-state index is -0.359. The van der Waals surface area contributed by atoms with Gasteiger partial charge >= 0.3 is 0 Å². The van der Waals surface area contributed by atoms with Crippen LogP contribution in [0.4, 0.5) is 15.8 Å². The Balaban J connectivity index is 1.29. The molecule has 9 heteroatoms. The molecular formula is C21H21FN4O4. The first kappa shape index (κ1) is 19.8. The largest absolute Gasteiger partial charge is 0.482 e. The molecule has 2 N–H and O–H groups in total. The number of nitrogens with zero attached hydrogens (tertiary/aromatic N) is 2. The standard InChI is InChI=1S/C21H21FN4O4/c22-15-2-4-16(5-3-15)23-19(27)12-25-7-9-26(10-8-25)21(29)14-1-6-18-17(11-14)24-20(28)13-30-18/h1-6,11H,7-10,12-13H2,(H,23,27)(H,24,28). The molecular weight excluding hydrogens is 391 g/mol. The van der Waals surface area contributed by atoms with Gasteiger partial charge < -0.3 is 20.3 Å². The molecule has 0 aliphatic carbocycles. The van der Waals surface area contributed by atoms with Gasteiger partial charge in [-0.05, 0) is 42.5 Å². The van der Waals surface area contributed by atoms with Gasteiger partial charge in [0.2, 0.25) is 5.91 Å². The van der Waals surface area contributed by atoms with E-state index in [-0.39, 0.29) is 36.7 Å². The number of ether oxygens (including phenoxy) is 1. The number of anilines is 2. The fourth-order valence-corrected chi connectivity index (χ4v) is 3.44. The van der Waals surface area contributed by atoms with Gasteiger partial charge in [0.1, 0.15) is 11.6 Å². The fourth-order valence-electron chi connectivity index (χ4n) is 3.44. The van der Waals surface area contributed by atoms with Crippen LogP contribution in [-0.4, -0.2) is 66.9 Å². The number of carbonyl (C=O) groups is 3. The summed E-state index contributed by atoms with van der Waals surface area (Å²) in [5.41, 5.74) is 1.51. The van der Waals surface area contributed by atoms with Crippen LogP contribution in [0.15, 0.2) is 42.5 Å². The Morgan fingerprint density at radius 3 is 2.53 bits per heavy atom. The quantitative estimate of drug-likeness (QED) is 0.795. The van der Waals surface area contributed by atoms with Crippen LogP contribution in [0.3, 0.4) is 0 Å². The second-order valence-corrected chi connectivity index (χ2v) is 7.17. The van der Waals surface area contributed by atoms with Crippen LogP contribution in [0.2, 0.25) is 0 Å². The summed E-state index contributed by atoms with van der Waals surface area (Å²) in [7, 11) is 0. The Kier molecular flexibility index (Phi) is 5.62. The lowest BCUT2D eigenvalue weighted by Crippen LogP contribution is -2.50. The smallest absolute Gasteiger partial charge is 0.262 e. The summed E-state index contributed by atoms with van der Waals surface area (Å²) in [6.45, 7) is 2.27. The molecule has 30 heavy (non-hydrogen) atoms. The molecule has 2 aromatic carbocycles. The molecule has 2 aliphatic rings. The highest BCUT2D eigenvalue weighted by atomic mass is 19.1. The molecule has 0 spiro atoms. The van der Waals surface area contributed by atoms with E-state index in [1.54, 1.807) is 23.1 Å². The first-order valence-electron chi connectivity index (χ1n) is 9.62.